The summed E-state index contributed by atoms with van der Waals surface area (Å²) in [6, 6.07) is 71.4. The van der Waals surface area contributed by atoms with Gasteiger partial charge in [0.15, 0.2) is 17.5 Å². The van der Waals surface area contributed by atoms with Gasteiger partial charge in [0.2, 0.25) is 0 Å². The van der Waals surface area contributed by atoms with Gasteiger partial charge in [0.05, 0.1) is 5.52 Å². The molecule has 59 heavy (non-hydrogen) atoms. The molecule has 10 aromatic carbocycles. The van der Waals surface area contributed by atoms with Crippen LogP contribution in [0.25, 0.3) is 121 Å². The first-order chi connectivity index (χ1) is 29.2. The number of benzene rings is 10. The molecule has 0 aliphatic carbocycles. The van der Waals surface area contributed by atoms with Crippen molar-refractivity contribution < 1.29 is 0 Å². The highest BCUT2D eigenvalue weighted by molar-refractivity contribution is 6.19. The van der Waals surface area contributed by atoms with E-state index >= 15 is 0 Å². The number of aromatic amines is 1. The number of rotatable bonds is 5. The van der Waals surface area contributed by atoms with Crippen molar-refractivity contribution in [3.63, 3.8) is 0 Å². The number of hydrogen-bond donors (Lipinski definition) is 1. The van der Waals surface area contributed by atoms with E-state index in [1.807, 2.05) is 36.4 Å². The van der Waals surface area contributed by atoms with Crippen LogP contribution in [-0.2, 0) is 0 Å². The molecule has 1 N–H and O–H groups in total. The molecule has 0 fully saturated rings. The molecule has 274 valence electrons. The summed E-state index contributed by atoms with van der Waals surface area (Å²) in [6.07, 6.45) is 0. The van der Waals surface area contributed by atoms with Crippen molar-refractivity contribution in [2.45, 2.75) is 0 Å². The predicted octanol–water partition coefficient (Wildman–Crippen LogP) is 14.5. The molecular formula is C55H34N4. The normalized spacial score (nSPS) is 11.7. The van der Waals surface area contributed by atoms with Crippen LogP contribution in [0.2, 0.25) is 0 Å². The Bertz CT molecular complexity index is 3550. The van der Waals surface area contributed by atoms with Crippen molar-refractivity contribution in [2.24, 2.45) is 0 Å². The molecule has 0 aliphatic heterocycles. The standard InChI is InChI=1S/C55H34N4/c1-3-14-36(15-4-1)53-57-54(37-16-5-2-6-17-37)59-55(58-53)47-20-11-21-50-51(47)49-33-42(38-26-28-45-39(30-38)24-22-34-12-7-9-18-43(34)45)32-48(52(49)56-50)41-27-29-46-40(31-41)25-23-35-13-8-10-19-44(35)46/h1-33,56H. The number of H-pyrrole nitrogens is 1. The van der Waals surface area contributed by atoms with Crippen molar-refractivity contribution >= 4 is 64.9 Å². The van der Waals surface area contributed by atoms with Crippen LogP contribution in [0, 0.1) is 0 Å². The molecule has 2 heterocycles. The molecule has 0 saturated heterocycles. The van der Waals surface area contributed by atoms with Gasteiger partial charge in [0.25, 0.3) is 0 Å². The molecule has 2 aromatic heterocycles. The van der Waals surface area contributed by atoms with Gasteiger partial charge >= 0.3 is 0 Å². The monoisotopic (exact) mass is 750 g/mol. The summed E-state index contributed by atoms with van der Waals surface area (Å²) in [6.45, 7) is 0. The number of nitrogens with one attached hydrogen (secondary N) is 1. The molecule has 0 radical (unpaired) electrons. The summed E-state index contributed by atoms with van der Waals surface area (Å²) in [5, 5.41) is 12.1. The highest BCUT2D eigenvalue weighted by Crippen LogP contribution is 2.43. The molecule has 12 rings (SSSR count). The fraction of sp³-hybridized carbons (Fsp3) is 0. The van der Waals surface area contributed by atoms with Crippen LogP contribution in [0.15, 0.2) is 200 Å². The van der Waals surface area contributed by atoms with E-state index in [-0.39, 0.29) is 0 Å². The largest absolute Gasteiger partial charge is 0.354 e. The van der Waals surface area contributed by atoms with E-state index in [0.29, 0.717) is 17.5 Å². The maximum Gasteiger partial charge on any atom is 0.164 e. The third-order valence-electron chi connectivity index (χ3n) is 11.8. The van der Waals surface area contributed by atoms with Gasteiger partial charge in [0.1, 0.15) is 0 Å². The van der Waals surface area contributed by atoms with Crippen LogP contribution in [0.1, 0.15) is 0 Å². The van der Waals surface area contributed by atoms with Gasteiger partial charge in [-0.3, -0.25) is 0 Å². The highest BCUT2D eigenvalue weighted by Gasteiger charge is 2.20. The van der Waals surface area contributed by atoms with E-state index < -0.39 is 0 Å². The smallest absolute Gasteiger partial charge is 0.164 e. The van der Waals surface area contributed by atoms with Gasteiger partial charge in [-0.15, -0.1) is 0 Å². The van der Waals surface area contributed by atoms with Crippen molar-refractivity contribution in [3.05, 3.63) is 200 Å². The minimum atomic E-state index is 0.631. The lowest BCUT2D eigenvalue weighted by atomic mass is 9.91. The van der Waals surface area contributed by atoms with E-state index in [2.05, 4.69) is 169 Å². The van der Waals surface area contributed by atoms with Crippen molar-refractivity contribution in [1.29, 1.82) is 0 Å². The van der Waals surface area contributed by atoms with Crippen LogP contribution >= 0.6 is 0 Å². The molecular weight excluding hydrogens is 717 g/mol. The second-order valence-electron chi connectivity index (χ2n) is 15.3. The Morgan fingerprint density at radius 1 is 0.288 bits per heavy atom. The lowest BCUT2D eigenvalue weighted by Crippen LogP contribution is -2.00. The minimum absolute atomic E-state index is 0.631. The number of hydrogen-bond acceptors (Lipinski definition) is 3. The van der Waals surface area contributed by atoms with Crippen LogP contribution in [0.3, 0.4) is 0 Å². The zero-order valence-electron chi connectivity index (χ0n) is 31.9. The summed E-state index contributed by atoms with van der Waals surface area (Å²) < 4.78 is 0. The Morgan fingerprint density at radius 3 is 1.46 bits per heavy atom. The first kappa shape index (κ1) is 33.2. The quantitative estimate of drug-likeness (QED) is 0.178. The van der Waals surface area contributed by atoms with E-state index in [0.717, 1.165) is 60.8 Å². The summed E-state index contributed by atoms with van der Waals surface area (Å²) in [7, 11) is 0. The van der Waals surface area contributed by atoms with Gasteiger partial charge in [-0.2, -0.15) is 0 Å². The van der Waals surface area contributed by atoms with Crippen LogP contribution in [0.5, 0.6) is 0 Å². The molecule has 0 spiro atoms. The highest BCUT2D eigenvalue weighted by atomic mass is 15.0. The maximum atomic E-state index is 5.18. The summed E-state index contributed by atoms with van der Waals surface area (Å²) in [4.78, 5) is 19.2. The summed E-state index contributed by atoms with van der Waals surface area (Å²) in [5.41, 5.74) is 9.52. The minimum Gasteiger partial charge on any atom is -0.354 e. The Kier molecular flexibility index (Phi) is 7.50. The third kappa shape index (κ3) is 5.57. The van der Waals surface area contributed by atoms with Gasteiger partial charge < -0.3 is 4.98 Å². The lowest BCUT2D eigenvalue weighted by molar-refractivity contribution is 1.08. The Balaban J connectivity index is 1.13. The molecule has 0 amide bonds. The zero-order valence-corrected chi connectivity index (χ0v) is 31.9. The molecule has 0 aliphatic rings. The molecule has 0 bridgehead atoms. The fourth-order valence-corrected chi connectivity index (χ4v) is 8.94. The summed E-state index contributed by atoms with van der Waals surface area (Å²) in [5.74, 6) is 1.91. The van der Waals surface area contributed by atoms with Gasteiger partial charge in [-0.25, -0.2) is 15.0 Å². The Labute approximate surface area is 340 Å². The van der Waals surface area contributed by atoms with E-state index in [9.17, 15) is 0 Å². The SMILES string of the molecule is c1ccc(-c2nc(-c3ccccc3)nc(-c3cccc4[nH]c5c(-c6ccc7c(ccc8ccccc87)c6)cc(-c6ccc7c(ccc8ccccc87)c6)cc5c34)n2)cc1. The summed E-state index contributed by atoms with van der Waals surface area (Å²) >= 11 is 0. The second kappa shape index (κ2) is 13.3. The van der Waals surface area contributed by atoms with E-state index in [4.69, 9.17) is 15.0 Å². The van der Waals surface area contributed by atoms with Crippen molar-refractivity contribution in [3.8, 4) is 56.4 Å². The average Bonchev–Trinajstić information content (AvgIpc) is 3.70. The van der Waals surface area contributed by atoms with Crippen LogP contribution < -0.4 is 0 Å². The molecule has 12 aromatic rings. The average molecular weight is 751 g/mol. The predicted molar refractivity (Wildman–Crippen MR) is 246 cm³/mol. The number of fused-ring (bicyclic) bond motifs is 9. The van der Waals surface area contributed by atoms with Gasteiger partial charge in [0, 0.05) is 38.5 Å². The van der Waals surface area contributed by atoms with Crippen LogP contribution in [-0.4, -0.2) is 19.9 Å². The molecule has 4 heteroatoms. The topological polar surface area (TPSA) is 54.5 Å². The molecule has 0 saturated carbocycles. The molecule has 0 atom stereocenters. The number of nitrogens with zero attached hydrogens (tertiary/aromatic N) is 3. The van der Waals surface area contributed by atoms with Gasteiger partial charge in [-0.1, -0.05) is 170 Å². The van der Waals surface area contributed by atoms with Crippen molar-refractivity contribution in [2.75, 3.05) is 0 Å². The Morgan fingerprint density at radius 2 is 0.814 bits per heavy atom. The van der Waals surface area contributed by atoms with E-state index in [1.165, 1.54) is 43.1 Å². The lowest BCUT2D eigenvalue weighted by Gasteiger charge is -2.13. The Hall–Kier alpha value is -7.95. The zero-order chi connectivity index (χ0) is 38.9. The van der Waals surface area contributed by atoms with Gasteiger partial charge in [-0.05, 0) is 90.1 Å². The van der Waals surface area contributed by atoms with Crippen LogP contribution in [0.4, 0.5) is 0 Å². The first-order valence-corrected chi connectivity index (χ1v) is 20.0. The molecule has 4 nitrogen and oxygen atoms in total. The fourth-order valence-electron chi connectivity index (χ4n) is 8.94. The third-order valence-corrected chi connectivity index (χ3v) is 11.8. The van der Waals surface area contributed by atoms with Crippen molar-refractivity contribution in [1.82, 2.24) is 19.9 Å². The van der Waals surface area contributed by atoms with E-state index in [1.54, 1.807) is 0 Å². The first-order valence-electron chi connectivity index (χ1n) is 20.0. The maximum absolute atomic E-state index is 5.18. The molecule has 0 unspecified atom stereocenters. The second-order valence-corrected chi connectivity index (χ2v) is 15.3. The number of aromatic nitrogens is 4.